The molecule has 1 saturated heterocycles. The molecule has 1 heterocycles. The molecular formula is C34H36F4N2O4. The van der Waals surface area contributed by atoms with E-state index in [2.05, 4.69) is 16.7 Å². The molecule has 7 rings (SSSR count). The number of carbonyl (C=O) groups excluding carboxylic acids is 2. The van der Waals surface area contributed by atoms with Crippen LogP contribution in [-0.4, -0.2) is 38.2 Å². The highest BCUT2D eigenvalue weighted by Crippen LogP contribution is 2.55. The lowest BCUT2D eigenvalue weighted by Gasteiger charge is -2.39. The van der Waals surface area contributed by atoms with Crippen LogP contribution in [0.4, 0.5) is 23.2 Å². The molecule has 0 spiro atoms. The van der Waals surface area contributed by atoms with Crippen molar-refractivity contribution in [1.29, 1.82) is 0 Å². The number of alkyl halides is 3. The third-order valence-corrected chi connectivity index (χ3v) is 10.6. The zero-order valence-corrected chi connectivity index (χ0v) is 24.5. The number of ether oxygens (including phenoxy) is 2. The van der Waals surface area contributed by atoms with Crippen molar-refractivity contribution < 1.29 is 36.6 Å². The Kier molecular flexibility index (Phi) is 7.46. The SMILES string of the molecule is COc1ccc(C2CC3COCC32)cc1C(=O)N[C@@H]1[C@@H](CC(=O)Nc2ccc(F)c(C(F)(F)F)c2)[C@H]2CC[C@@H]1/C2=C\C1CC1. The second-order valence-corrected chi connectivity index (χ2v) is 13.2. The summed E-state index contributed by atoms with van der Waals surface area (Å²) in [7, 11) is 1.54. The molecule has 4 aliphatic carbocycles. The molecule has 2 aromatic carbocycles. The predicted molar refractivity (Wildman–Crippen MR) is 155 cm³/mol. The topological polar surface area (TPSA) is 76.7 Å². The van der Waals surface area contributed by atoms with Gasteiger partial charge < -0.3 is 20.1 Å². The zero-order valence-electron chi connectivity index (χ0n) is 24.5. The number of hydrogen-bond donors (Lipinski definition) is 2. The number of allylic oxidation sites excluding steroid dienone is 1. The lowest BCUT2D eigenvalue weighted by molar-refractivity contribution is -0.140. The van der Waals surface area contributed by atoms with Crippen molar-refractivity contribution in [2.75, 3.05) is 25.6 Å². The maximum Gasteiger partial charge on any atom is 0.419 e. The molecule has 3 unspecified atom stereocenters. The predicted octanol–water partition coefficient (Wildman–Crippen LogP) is 6.72. The molecule has 0 radical (unpaired) electrons. The fraction of sp³-hybridized carbons (Fsp3) is 0.529. The van der Waals surface area contributed by atoms with E-state index in [1.165, 1.54) is 12.7 Å². The summed E-state index contributed by atoms with van der Waals surface area (Å²) in [5, 5.41) is 5.81. The first-order valence-corrected chi connectivity index (χ1v) is 15.6. The van der Waals surface area contributed by atoms with Crippen LogP contribution < -0.4 is 15.4 Å². The van der Waals surface area contributed by atoms with Gasteiger partial charge in [0.2, 0.25) is 5.91 Å². The molecule has 5 aliphatic rings. The number of amides is 2. The number of benzene rings is 2. The Bertz CT molecular complexity index is 1500. The smallest absolute Gasteiger partial charge is 0.419 e. The first-order chi connectivity index (χ1) is 21.1. The quantitative estimate of drug-likeness (QED) is 0.256. The molecule has 10 heteroatoms. The van der Waals surface area contributed by atoms with Crippen LogP contribution in [0.3, 0.4) is 0 Å². The lowest BCUT2D eigenvalue weighted by Crippen LogP contribution is -2.45. The summed E-state index contributed by atoms with van der Waals surface area (Å²) in [5.74, 6) is 0.263. The number of carbonyl (C=O) groups is 2. The summed E-state index contributed by atoms with van der Waals surface area (Å²) in [5.41, 5.74) is 1.30. The first kappa shape index (κ1) is 29.3. The highest BCUT2D eigenvalue weighted by molar-refractivity contribution is 5.97. The summed E-state index contributed by atoms with van der Waals surface area (Å²) in [4.78, 5) is 27.1. The number of nitrogens with one attached hydrogen (secondary N) is 2. The van der Waals surface area contributed by atoms with E-state index in [0.717, 1.165) is 56.9 Å². The standard InChI is InChI=1S/C34H36F4N2O4/c1-43-30-9-4-18(23-12-19-15-44-16-27(19)23)11-26(30)33(42)40-32-22-7-6-21(24(22)10-17-2-3-17)25(32)14-31(41)39-20-5-8-29(35)28(13-20)34(36,37)38/h4-5,8-11,13,17,19,21-23,25,27,32H,2-3,6-7,12,14-16H2,1H3,(H,39,41)(H,40,42)/b24-10-/t19?,21-,22+,23?,25-,27?,32-/m0/s1. The van der Waals surface area contributed by atoms with E-state index in [9.17, 15) is 27.2 Å². The Labute approximate surface area is 253 Å². The van der Waals surface area contributed by atoms with Gasteiger partial charge in [-0.15, -0.1) is 0 Å². The Balaban J connectivity index is 1.12. The number of fused-ring (bicyclic) bond motifs is 3. The van der Waals surface area contributed by atoms with Crippen LogP contribution in [0.5, 0.6) is 5.75 Å². The third kappa shape index (κ3) is 5.39. The second-order valence-electron chi connectivity index (χ2n) is 13.2. The fourth-order valence-electron chi connectivity index (χ4n) is 8.22. The van der Waals surface area contributed by atoms with Crippen molar-refractivity contribution in [3.63, 3.8) is 0 Å². The number of hydrogen-bond acceptors (Lipinski definition) is 4. The number of rotatable bonds is 8. The molecule has 2 amide bonds. The zero-order chi connectivity index (χ0) is 30.7. The molecule has 2 bridgehead atoms. The molecule has 4 saturated carbocycles. The van der Waals surface area contributed by atoms with Crippen LogP contribution >= 0.6 is 0 Å². The van der Waals surface area contributed by atoms with Gasteiger partial charge in [0.25, 0.3) is 5.91 Å². The fourth-order valence-corrected chi connectivity index (χ4v) is 8.22. The molecule has 1 aliphatic heterocycles. The maximum absolute atomic E-state index is 13.9. The van der Waals surface area contributed by atoms with Gasteiger partial charge in [0.15, 0.2) is 0 Å². The summed E-state index contributed by atoms with van der Waals surface area (Å²) in [6.07, 6.45) is 2.58. The van der Waals surface area contributed by atoms with Crippen LogP contribution in [0.2, 0.25) is 0 Å². The molecule has 234 valence electrons. The second kappa shape index (κ2) is 11.2. The average molecular weight is 613 g/mol. The van der Waals surface area contributed by atoms with Gasteiger partial charge in [0, 0.05) is 30.7 Å². The van der Waals surface area contributed by atoms with E-state index in [1.54, 1.807) is 0 Å². The van der Waals surface area contributed by atoms with E-state index in [-0.39, 0.29) is 41.8 Å². The Morgan fingerprint density at radius 1 is 1.02 bits per heavy atom. The minimum atomic E-state index is -4.88. The van der Waals surface area contributed by atoms with Crippen LogP contribution in [0.15, 0.2) is 48.0 Å². The van der Waals surface area contributed by atoms with E-state index < -0.39 is 23.5 Å². The maximum atomic E-state index is 13.9. The molecular weight excluding hydrogens is 576 g/mol. The summed E-state index contributed by atoms with van der Waals surface area (Å²) >= 11 is 0. The van der Waals surface area contributed by atoms with Crippen molar-refractivity contribution in [2.45, 2.75) is 56.7 Å². The van der Waals surface area contributed by atoms with Gasteiger partial charge in [-0.05, 0) is 104 Å². The van der Waals surface area contributed by atoms with Crippen LogP contribution in [0, 0.1) is 41.3 Å². The third-order valence-electron chi connectivity index (χ3n) is 10.6. The molecule has 44 heavy (non-hydrogen) atoms. The summed E-state index contributed by atoms with van der Waals surface area (Å²) in [6.45, 7) is 1.54. The van der Waals surface area contributed by atoms with Crippen molar-refractivity contribution in [2.24, 2.45) is 35.5 Å². The number of methoxy groups -OCH3 is 1. The monoisotopic (exact) mass is 612 g/mol. The summed E-state index contributed by atoms with van der Waals surface area (Å²) < 4.78 is 64.8. The molecule has 0 aromatic heterocycles. The van der Waals surface area contributed by atoms with E-state index >= 15 is 0 Å². The van der Waals surface area contributed by atoms with Crippen molar-refractivity contribution in [3.8, 4) is 5.75 Å². The molecule has 2 N–H and O–H groups in total. The lowest BCUT2D eigenvalue weighted by atomic mass is 9.64. The molecule has 7 atom stereocenters. The normalized spacial score (nSPS) is 31.5. The van der Waals surface area contributed by atoms with Crippen molar-refractivity contribution in [1.82, 2.24) is 5.32 Å². The minimum Gasteiger partial charge on any atom is -0.496 e. The highest BCUT2D eigenvalue weighted by Gasteiger charge is 2.53. The largest absolute Gasteiger partial charge is 0.496 e. The van der Waals surface area contributed by atoms with Gasteiger partial charge >= 0.3 is 6.18 Å². The Hall–Kier alpha value is -3.40. The van der Waals surface area contributed by atoms with E-state index in [4.69, 9.17) is 9.47 Å². The van der Waals surface area contributed by atoms with Gasteiger partial charge in [0.05, 0.1) is 24.8 Å². The van der Waals surface area contributed by atoms with Gasteiger partial charge in [-0.25, -0.2) is 4.39 Å². The van der Waals surface area contributed by atoms with Crippen LogP contribution in [0.1, 0.15) is 65.9 Å². The summed E-state index contributed by atoms with van der Waals surface area (Å²) in [6, 6.07) is 7.94. The van der Waals surface area contributed by atoms with E-state index in [1.807, 2.05) is 18.2 Å². The van der Waals surface area contributed by atoms with Gasteiger partial charge in [0.1, 0.15) is 11.6 Å². The van der Waals surface area contributed by atoms with Gasteiger partial charge in [-0.3, -0.25) is 9.59 Å². The van der Waals surface area contributed by atoms with E-state index in [0.29, 0.717) is 47.1 Å². The molecule has 2 aromatic rings. The van der Waals surface area contributed by atoms with Crippen molar-refractivity contribution in [3.05, 3.63) is 70.6 Å². The molecule has 6 nitrogen and oxygen atoms in total. The van der Waals surface area contributed by atoms with Crippen LogP contribution in [-0.2, 0) is 15.7 Å². The first-order valence-electron chi connectivity index (χ1n) is 15.6. The van der Waals surface area contributed by atoms with Crippen LogP contribution in [0.25, 0.3) is 0 Å². The Morgan fingerprint density at radius 2 is 1.82 bits per heavy atom. The average Bonchev–Trinajstić information content (AvgIpc) is 3.52. The number of anilines is 1. The van der Waals surface area contributed by atoms with Gasteiger partial charge in [-0.1, -0.05) is 17.7 Å². The highest BCUT2D eigenvalue weighted by atomic mass is 19.4. The number of halogens is 4. The minimum absolute atomic E-state index is 0.0230. The van der Waals surface area contributed by atoms with Crippen molar-refractivity contribution >= 4 is 17.5 Å². The molecule has 5 fully saturated rings. The Morgan fingerprint density at radius 3 is 2.55 bits per heavy atom. The van der Waals surface area contributed by atoms with Gasteiger partial charge in [-0.2, -0.15) is 13.2 Å².